The lowest BCUT2D eigenvalue weighted by Gasteiger charge is -2.26. The second-order valence-electron chi connectivity index (χ2n) is 7.61. The first kappa shape index (κ1) is 25.3. The van der Waals surface area contributed by atoms with Crippen LogP contribution in [0.4, 0.5) is 0 Å². The molecule has 6 heteroatoms. The molecular formula is C21H43N3OS2. The standard InChI is InChI=1S/C21H43N3OS2/c1-5-23(15-11-17-25)26-18-9-7-8-10-19-27-24(6-2)16-14-21-13-12-20(3)22(21)4/h17,20-21H,5-16,18-19H2,1-4H3. The zero-order chi connectivity index (χ0) is 19.9. The first-order chi connectivity index (χ1) is 13.1. The fourth-order valence-corrected chi connectivity index (χ4v) is 5.63. The third-order valence-electron chi connectivity index (χ3n) is 5.69. The number of aldehydes is 1. The van der Waals surface area contributed by atoms with Crippen molar-refractivity contribution in [3.8, 4) is 0 Å². The van der Waals surface area contributed by atoms with Crippen LogP contribution in [0.15, 0.2) is 0 Å². The molecule has 1 saturated heterocycles. The van der Waals surface area contributed by atoms with Gasteiger partial charge >= 0.3 is 0 Å². The van der Waals surface area contributed by atoms with Crippen LogP contribution in [0.5, 0.6) is 0 Å². The monoisotopic (exact) mass is 417 g/mol. The average Bonchev–Trinajstić information content (AvgIpc) is 3.00. The van der Waals surface area contributed by atoms with Crippen LogP contribution >= 0.6 is 23.9 Å². The minimum atomic E-state index is 0.655. The van der Waals surface area contributed by atoms with Crippen molar-refractivity contribution in [2.45, 2.75) is 84.2 Å². The molecule has 0 amide bonds. The molecule has 1 aliphatic rings. The summed E-state index contributed by atoms with van der Waals surface area (Å²) in [7, 11) is 2.30. The summed E-state index contributed by atoms with van der Waals surface area (Å²) < 4.78 is 4.88. The third-order valence-corrected chi connectivity index (χ3v) is 8.24. The summed E-state index contributed by atoms with van der Waals surface area (Å²) in [4.78, 5) is 13.0. The largest absolute Gasteiger partial charge is 0.303 e. The van der Waals surface area contributed by atoms with E-state index < -0.39 is 0 Å². The molecule has 2 atom stereocenters. The van der Waals surface area contributed by atoms with Crippen molar-refractivity contribution in [1.82, 2.24) is 13.5 Å². The number of hydrogen-bond donors (Lipinski definition) is 0. The molecule has 0 saturated carbocycles. The van der Waals surface area contributed by atoms with E-state index in [4.69, 9.17) is 0 Å². The second-order valence-corrected chi connectivity index (χ2v) is 9.98. The fraction of sp³-hybridized carbons (Fsp3) is 0.952. The first-order valence-corrected chi connectivity index (χ1v) is 12.9. The zero-order valence-electron chi connectivity index (χ0n) is 18.2. The predicted molar refractivity (Wildman–Crippen MR) is 123 cm³/mol. The second kappa shape index (κ2) is 16.1. The highest BCUT2D eigenvalue weighted by molar-refractivity contribution is 7.97. The number of rotatable bonds is 17. The molecule has 1 heterocycles. The summed E-state index contributed by atoms with van der Waals surface area (Å²) in [5, 5.41) is 0. The van der Waals surface area contributed by atoms with Crippen LogP contribution in [0.3, 0.4) is 0 Å². The van der Waals surface area contributed by atoms with Gasteiger partial charge in [-0.15, -0.1) is 0 Å². The van der Waals surface area contributed by atoms with Crippen LogP contribution in [0.25, 0.3) is 0 Å². The highest BCUT2D eigenvalue weighted by Gasteiger charge is 2.26. The number of hydrogen-bond acceptors (Lipinski definition) is 6. The Hall–Kier alpha value is 0.250. The molecule has 0 aromatic carbocycles. The van der Waals surface area contributed by atoms with Gasteiger partial charge in [-0.25, -0.2) is 0 Å². The molecule has 0 bridgehead atoms. The minimum absolute atomic E-state index is 0.655. The summed E-state index contributed by atoms with van der Waals surface area (Å²) >= 11 is 3.97. The minimum Gasteiger partial charge on any atom is -0.303 e. The molecule has 2 unspecified atom stereocenters. The molecule has 0 aromatic rings. The van der Waals surface area contributed by atoms with Crippen molar-refractivity contribution in [3.05, 3.63) is 0 Å². The quantitative estimate of drug-likeness (QED) is 0.189. The normalized spacial score (nSPS) is 20.8. The van der Waals surface area contributed by atoms with E-state index in [-0.39, 0.29) is 0 Å². The molecule has 27 heavy (non-hydrogen) atoms. The highest BCUT2D eigenvalue weighted by Crippen LogP contribution is 2.25. The summed E-state index contributed by atoms with van der Waals surface area (Å²) in [6, 6.07) is 1.56. The van der Waals surface area contributed by atoms with Crippen LogP contribution in [0, 0.1) is 0 Å². The Labute approximate surface area is 177 Å². The average molecular weight is 418 g/mol. The topological polar surface area (TPSA) is 26.8 Å². The van der Waals surface area contributed by atoms with Gasteiger partial charge in [0.25, 0.3) is 0 Å². The van der Waals surface area contributed by atoms with Gasteiger partial charge in [-0.05, 0) is 46.1 Å². The van der Waals surface area contributed by atoms with E-state index in [2.05, 4.69) is 53.3 Å². The number of carbonyl (C=O) groups excluding carboxylic acids is 1. The zero-order valence-corrected chi connectivity index (χ0v) is 19.8. The molecule has 0 N–H and O–H groups in total. The summed E-state index contributed by atoms with van der Waals surface area (Å²) in [6.45, 7) is 11.1. The molecule has 1 rings (SSSR count). The first-order valence-electron chi connectivity index (χ1n) is 11.0. The van der Waals surface area contributed by atoms with Crippen LogP contribution in [-0.2, 0) is 4.79 Å². The van der Waals surface area contributed by atoms with Crippen molar-refractivity contribution in [3.63, 3.8) is 0 Å². The van der Waals surface area contributed by atoms with Gasteiger partial charge in [0.15, 0.2) is 0 Å². The van der Waals surface area contributed by atoms with Crippen molar-refractivity contribution >= 4 is 30.2 Å². The number of nitrogens with zero attached hydrogens (tertiary/aromatic N) is 3. The van der Waals surface area contributed by atoms with Crippen molar-refractivity contribution in [2.24, 2.45) is 0 Å². The van der Waals surface area contributed by atoms with Gasteiger partial charge in [0.1, 0.15) is 6.29 Å². The molecule has 0 spiro atoms. The maximum atomic E-state index is 10.5. The van der Waals surface area contributed by atoms with Gasteiger partial charge in [0.2, 0.25) is 0 Å². The molecule has 0 aromatic heterocycles. The van der Waals surface area contributed by atoms with E-state index in [1.807, 2.05) is 11.9 Å². The lowest BCUT2D eigenvalue weighted by Crippen LogP contribution is -2.33. The van der Waals surface area contributed by atoms with Crippen molar-refractivity contribution in [2.75, 3.05) is 44.7 Å². The lowest BCUT2D eigenvalue weighted by atomic mass is 10.1. The molecule has 1 fully saturated rings. The van der Waals surface area contributed by atoms with E-state index in [1.54, 1.807) is 0 Å². The van der Waals surface area contributed by atoms with Gasteiger partial charge in [-0.3, -0.25) is 8.61 Å². The van der Waals surface area contributed by atoms with Gasteiger partial charge in [-0.1, -0.05) is 50.6 Å². The van der Waals surface area contributed by atoms with Crippen molar-refractivity contribution in [1.29, 1.82) is 0 Å². The molecule has 0 aliphatic carbocycles. The SMILES string of the molecule is CCN(CCC=O)SCCCCCCSN(CC)CCC1CCC(C)N1C. The van der Waals surface area contributed by atoms with Crippen LogP contribution in [0.1, 0.15) is 72.1 Å². The van der Waals surface area contributed by atoms with E-state index in [9.17, 15) is 4.79 Å². The van der Waals surface area contributed by atoms with Gasteiger partial charge in [-0.2, -0.15) is 0 Å². The van der Waals surface area contributed by atoms with E-state index in [0.29, 0.717) is 6.42 Å². The van der Waals surface area contributed by atoms with Crippen molar-refractivity contribution < 1.29 is 4.79 Å². The Morgan fingerprint density at radius 3 is 2.04 bits per heavy atom. The summed E-state index contributed by atoms with van der Waals surface area (Å²) in [5.41, 5.74) is 0. The van der Waals surface area contributed by atoms with E-state index in [1.165, 1.54) is 63.0 Å². The van der Waals surface area contributed by atoms with Gasteiger partial charge < -0.3 is 9.69 Å². The third kappa shape index (κ3) is 11.1. The molecule has 4 nitrogen and oxygen atoms in total. The number of likely N-dealkylation sites (tertiary alicyclic amines) is 1. The Morgan fingerprint density at radius 1 is 0.963 bits per heavy atom. The Morgan fingerprint density at radius 2 is 1.56 bits per heavy atom. The summed E-state index contributed by atoms with van der Waals surface area (Å²) in [5.74, 6) is 2.45. The molecular weight excluding hydrogens is 374 g/mol. The Balaban J connectivity index is 1.98. The maximum absolute atomic E-state index is 10.5. The summed E-state index contributed by atoms with van der Waals surface area (Å²) in [6.07, 6.45) is 11.0. The van der Waals surface area contributed by atoms with Crippen LogP contribution < -0.4 is 0 Å². The highest BCUT2D eigenvalue weighted by atomic mass is 32.2. The molecule has 1 aliphatic heterocycles. The number of carbonyl (C=O) groups is 1. The van der Waals surface area contributed by atoms with Gasteiger partial charge in [0.05, 0.1) is 0 Å². The van der Waals surface area contributed by atoms with Gasteiger partial charge in [0, 0.05) is 56.2 Å². The van der Waals surface area contributed by atoms with E-state index in [0.717, 1.165) is 38.0 Å². The van der Waals surface area contributed by atoms with E-state index >= 15 is 0 Å². The number of unbranched alkanes of at least 4 members (excludes halogenated alkanes) is 3. The fourth-order valence-electron chi connectivity index (χ4n) is 3.61. The molecule has 160 valence electrons. The lowest BCUT2D eigenvalue weighted by molar-refractivity contribution is -0.107. The molecule has 0 radical (unpaired) electrons. The smallest absolute Gasteiger partial charge is 0.121 e. The predicted octanol–water partition coefficient (Wildman–Crippen LogP) is 4.95. The Kier molecular flexibility index (Phi) is 15.1. The maximum Gasteiger partial charge on any atom is 0.121 e. The van der Waals surface area contributed by atoms with Crippen LogP contribution in [0.2, 0.25) is 0 Å². The Bertz CT molecular complexity index is 373. The van der Waals surface area contributed by atoms with Crippen LogP contribution in [-0.4, -0.2) is 76.6 Å².